The molecule has 1 aliphatic rings. The number of rotatable bonds is 5. The minimum atomic E-state index is -0.0742. The molecule has 2 N–H and O–H groups in total. The molecule has 9 heteroatoms. The van der Waals surface area contributed by atoms with Crippen LogP contribution in [0.3, 0.4) is 0 Å². The van der Waals surface area contributed by atoms with Crippen molar-refractivity contribution in [3.63, 3.8) is 0 Å². The van der Waals surface area contributed by atoms with Crippen LogP contribution in [0.2, 0.25) is 0 Å². The molecule has 3 heterocycles. The van der Waals surface area contributed by atoms with E-state index in [1.54, 1.807) is 43.9 Å². The number of fused-ring (bicyclic) bond motifs is 1. The lowest BCUT2D eigenvalue weighted by Gasteiger charge is -2.33. The summed E-state index contributed by atoms with van der Waals surface area (Å²) in [7, 11) is 3.29. The number of amides is 1. The van der Waals surface area contributed by atoms with Crippen molar-refractivity contribution in [3.8, 4) is 17.0 Å². The van der Waals surface area contributed by atoms with Gasteiger partial charge in [0.1, 0.15) is 17.3 Å². The first-order valence-electron chi connectivity index (χ1n) is 13.4. The molecule has 0 spiro atoms. The van der Waals surface area contributed by atoms with Crippen LogP contribution in [-0.2, 0) is 4.79 Å². The molecule has 0 bridgehead atoms. The molecule has 5 rings (SSSR count). The van der Waals surface area contributed by atoms with Gasteiger partial charge in [0.25, 0.3) is 5.91 Å². The largest absolute Gasteiger partial charge is 0.507 e. The number of para-hydroxylation sites is 1. The van der Waals surface area contributed by atoms with Crippen molar-refractivity contribution in [2.24, 2.45) is 9.98 Å². The van der Waals surface area contributed by atoms with E-state index in [0.717, 1.165) is 29.9 Å². The minimum Gasteiger partial charge on any atom is -0.507 e. The number of aliphatic imine (C=N–C) groups is 2. The predicted molar refractivity (Wildman–Crippen MR) is 162 cm³/mol. The van der Waals surface area contributed by atoms with E-state index in [9.17, 15) is 9.90 Å². The SMILES string of the molecule is CN=C(C)C(=NC)C(=O)N1CCC(Nc2cc(-c3ccccc3O)nc3c(C)cnn23)CC1.Cc1ccccc1. The summed E-state index contributed by atoms with van der Waals surface area (Å²) in [5.74, 6) is 0.916. The number of anilines is 1. The molecule has 0 radical (unpaired) electrons. The van der Waals surface area contributed by atoms with E-state index < -0.39 is 0 Å². The standard InChI is InChI=1S/C24H29N7O2.C7H8/c1-15-14-27-31-21(13-19(29-23(15)31)18-7-5-6-8-20(18)32)28-17-9-11-30(12-10-17)24(33)22(26-4)16(2)25-3;1-7-5-3-2-4-6-7/h5-8,13-14,17,28,32H,9-12H2,1-4H3;2-6H,1H3. The first kappa shape index (κ1) is 28.5. The van der Waals surface area contributed by atoms with E-state index in [0.29, 0.717) is 35.8 Å². The fraction of sp³-hybridized carbons (Fsp3) is 0.323. The molecule has 40 heavy (non-hydrogen) atoms. The number of phenolic OH excluding ortho intramolecular Hbond substituents is 1. The summed E-state index contributed by atoms with van der Waals surface area (Å²) in [6, 6.07) is 19.5. The number of carbonyl (C=O) groups excluding carboxylic acids is 1. The summed E-state index contributed by atoms with van der Waals surface area (Å²) in [5, 5.41) is 18.4. The molecule has 0 saturated carbocycles. The fourth-order valence-corrected chi connectivity index (χ4v) is 4.64. The lowest BCUT2D eigenvalue weighted by Crippen LogP contribution is -2.46. The molecule has 0 unspecified atom stereocenters. The maximum atomic E-state index is 12.9. The normalized spacial score (nSPS) is 14.6. The highest BCUT2D eigenvalue weighted by Gasteiger charge is 2.27. The highest BCUT2D eigenvalue weighted by molar-refractivity contribution is 6.66. The Balaban J connectivity index is 0.000000461. The van der Waals surface area contributed by atoms with Crippen molar-refractivity contribution in [2.75, 3.05) is 32.5 Å². The smallest absolute Gasteiger partial charge is 0.273 e. The Morgan fingerprint density at radius 2 is 1.68 bits per heavy atom. The topological polar surface area (TPSA) is 107 Å². The third-order valence-corrected chi connectivity index (χ3v) is 7.01. The predicted octanol–water partition coefficient (Wildman–Crippen LogP) is 4.97. The molecule has 9 nitrogen and oxygen atoms in total. The summed E-state index contributed by atoms with van der Waals surface area (Å²) in [6.45, 7) is 7.11. The summed E-state index contributed by atoms with van der Waals surface area (Å²) in [5.41, 5.74) is 5.43. The molecular formula is C31H37N7O2. The monoisotopic (exact) mass is 539 g/mol. The average Bonchev–Trinajstić information content (AvgIpc) is 3.35. The first-order valence-corrected chi connectivity index (χ1v) is 13.4. The Bertz CT molecular complexity index is 1520. The second-order valence-corrected chi connectivity index (χ2v) is 9.85. The van der Waals surface area contributed by atoms with Crippen LogP contribution in [0.15, 0.2) is 76.8 Å². The molecule has 4 aromatic rings. The number of aromatic hydroxyl groups is 1. The van der Waals surface area contributed by atoms with Gasteiger partial charge in [0.2, 0.25) is 0 Å². The van der Waals surface area contributed by atoms with Crippen molar-refractivity contribution in [1.82, 2.24) is 19.5 Å². The Labute approximate surface area is 235 Å². The highest BCUT2D eigenvalue weighted by atomic mass is 16.3. The fourth-order valence-electron chi connectivity index (χ4n) is 4.64. The van der Waals surface area contributed by atoms with E-state index >= 15 is 0 Å². The first-order chi connectivity index (χ1) is 19.3. The molecule has 1 saturated heterocycles. The van der Waals surface area contributed by atoms with Gasteiger partial charge in [-0.25, -0.2) is 4.98 Å². The number of hydrogen-bond acceptors (Lipinski definition) is 7. The van der Waals surface area contributed by atoms with E-state index in [4.69, 9.17) is 4.98 Å². The molecule has 1 fully saturated rings. The Morgan fingerprint density at radius 1 is 1.00 bits per heavy atom. The molecule has 0 aliphatic carbocycles. The zero-order valence-corrected chi connectivity index (χ0v) is 23.8. The van der Waals surface area contributed by atoms with Crippen molar-refractivity contribution in [3.05, 3.63) is 78.0 Å². The quantitative estimate of drug-likeness (QED) is 0.348. The van der Waals surface area contributed by atoms with Crippen LogP contribution in [0.4, 0.5) is 5.82 Å². The third-order valence-electron chi connectivity index (χ3n) is 7.01. The average molecular weight is 540 g/mol. The Morgan fingerprint density at radius 3 is 2.27 bits per heavy atom. The van der Waals surface area contributed by atoms with Gasteiger partial charge in [-0.3, -0.25) is 14.8 Å². The van der Waals surface area contributed by atoms with Gasteiger partial charge in [-0.15, -0.1) is 0 Å². The number of nitrogens with zero attached hydrogens (tertiary/aromatic N) is 6. The number of aryl methyl sites for hydroxylation is 2. The van der Waals surface area contributed by atoms with Crippen LogP contribution in [0.1, 0.15) is 30.9 Å². The third kappa shape index (κ3) is 6.54. The lowest BCUT2D eigenvalue weighted by atomic mass is 10.0. The molecule has 1 aliphatic heterocycles. The van der Waals surface area contributed by atoms with Gasteiger partial charge in [-0.2, -0.15) is 9.61 Å². The number of phenols is 1. The number of aromatic nitrogens is 3. The van der Waals surface area contributed by atoms with E-state index in [1.165, 1.54) is 5.56 Å². The molecule has 1 amide bonds. The van der Waals surface area contributed by atoms with Crippen LogP contribution in [0.5, 0.6) is 5.75 Å². The van der Waals surface area contributed by atoms with Crippen molar-refractivity contribution < 1.29 is 9.90 Å². The van der Waals surface area contributed by atoms with Crippen molar-refractivity contribution >= 4 is 28.8 Å². The van der Waals surface area contributed by atoms with E-state index in [-0.39, 0.29) is 17.7 Å². The summed E-state index contributed by atoms with van der Waals surface area (Å²) in [6.07, 6.45) is 3.37. The zero-order chi connectivity index (χ0) is 28.6. The molecule has 208 valence electrons. The number of piperidine rings is 1. The zero-order valence-electron chi connectivity index (χ0n) is 23.8. The van der Waals surface area contributed by atoms with Gasteiger partial charge in [-0.05, 0) is 45.7 Å². The van der Waals surface area contributed by atoms with Crippen LogP contribution >= 0.6 is 0 Å². The van der Waals surface area contributed by atoms with Gasteiger partial charge >= 0.3 is 0 Å². The van der Waals surface area contributed by atoms with E-state index in [2.05, 4.69) is 39.5 Å². The van der Waals surface area contributed by atoms with Crippen molar-refractivity contribution in [2.45, 2.75) is 39.7 Å². The second kappa shape index (κ2) is 13.0. The molecule has 0 atom stereocenters. The number of likely N-dealkylation sites (tertiary alicyclic amines) is 1. The minimum absolute atomic E-state index is 0.0742. The van der Waals surface area contributed by atoms with Crippen LogP contribution in [-0.4, -0.2) is 75.2 Å². The maximum Gasteiger partial charge on any atom is 0.273 e. The molecule has 2 aromatic carbocycles. The second-order valence-electron chi connectivity index (χ2n) is 9.85. The lowest BCUT2D eigenvalue weighted by molar-refractivity contribution is -0.124. The summed E-state index contributed by atoms with van der Waals surface area (Å²) < 4.78 is 1.79. The van der Waals surface area contributed by atoms with Gasteiger partial charge in [-0.1, -0.05) is 48.0 Å². The van der Waals surface area contributed by atoms with Crippen LogP contribution < -0.4 is 5.32 Å². The van der Waals surface area contributed by atoms with E-state index in [1.807, 2.05) is 48.2 Å². The number of hydrogen-bond donors (Lipinski definition) is 2. The van der Waals surface area contributed by atoms with Crippen LogP contribution in [0, 0.1) is 13.8 Å². The van der Waals surface area contributed by atoms with Crippen molar-refractivity contribution in [1.29, 1.82) is 0 Å². The molecule has 2 aromatic heterocycles. The number of benzene rings is 2. The highest BCUT2D eigenvalue weighted by Crippen LogP contribution is 2.30. The van der Waals surface area contributed by atoms with Crippen LogP contribution in [0.25, 0.3) is 16.9 Å². The van der Waals surface area contributed by atoms with Gasteiger partial charge < -0.3 is 15.3 Å². The number of carbonyl (C=O) groups is 1. The Hall–Kier alpha value is -4.53. The van der Waals surface area contributed by atoms with Gasteiger partial charge in [0, 0.05) is 50.4 Å². The maximum absolute atomic E-state index is 12.9. The summed E-state index contributed by atoms with van der Waals surface area (Å²) >= 11 is 0. The summed E-state index contributed by atoms with van der Waals surface area (Å²) in [4.78, 5) is 27.7. The van der Waals surface area contributed by atoms with Gasteiger partial charge in [0.15, 0.2) is 5.65 Å². The Kier molecular flexibility index (Phi) is 9.27. The number of nitrogens with one attached hydrogen (secondary N) is 1. The molecular weight excluding hydrogens is 502 g/mol. The van der Waals surface area contributed by atoms with Gasteiger partial charge in [0.05, 0.1) is 17.6 Å².